The van der Waals surface area contributed by atoms with Crippen LogP contribution in [0.5, 0.6) is 0 Å². The van der Waals surface area contributed by atoms with E-state index in [4.69, 9.17) is 23.2 Å². The molecule has 0 spiro atoms. The molecule has 1 aromatic rings. The number of fused-ring (bicyclic) bond motifs is 3. The predicted octanol–water partition coefficient (Wildman–Crippen LogP) is 1.68. The second-order valence-electron chi connectivity index (χ2n) is 4.59. The highest BCUT2D eigenvalue weighted by atomic mass is 35.5. The maximum Gasteiger partial charge on any atom is 0.228 e. The first kappa shape index (κ1) is 11.4. The Labute approximate surface area is 110 Å². The lowest BCUT2D eigenvalue weighted by atomic mass is 9.84. The molecule has 0 amide bonds. The predicted molar refractivity (Wildman–Crippen MR) is 66.4 cm³/mol. The van der Waals surface area contributed by atoms with E-state index in [2.05, 4.69) is 25.2 Å². The van der Waals surface area contributed by atoms with Gasteiger partial charge in [0.1, 0.15) is 0 Å². The lowest BCUT2D eigenvalue weighted by Crippen LogP contribution is -2.53. The van der Waals surface area contributed by atoms with Gasteiger partial charge in [-0.1, -0.05) is 0 Å². The average molecular weight is 274 g/mol. The Bertz CT molecular complexity index is 399. The summed E-state index contributed by atoms with van der Waals surface area (Å²) in [5.74, 6) is 1.18. The first-order valence-electron chi connectivity index (χ1n) is 5.77. The summed E-state index contributed by atoms with van der Waals surface area (Å²) < 4.78 is 0. The summed E-state index contributed by atoms with van der Waals surface area (Å²) in [5.41, 5.74) is 0. The van der Waals surface area contributed by atoms with Gasteiger partial charge in [-0.2, -0.15) is 15.0 Å². The van der Waals surface area contributed by atoms with Crippen molar-refractivity contribution < 1.29 is 0 Å². The van der Waals surface area contributed by atoms with Crippen LogP contribution < -0.4 is 5.32 Å². The average Bonchev–Trinajstić information content (AvgIpc) is 2.29. The van der Waals surface area contributed by atoms with Crippen molar-refractivity contribution in [2.24, 2.45) is 5.92 Å². The Morgan fingerprint density at radius 3 is 2.24 bits per heavy atom. The van der Waals surface area contributed by atoms with E-state index in [0.29, 0.717) is 17.9 Å². The highest BCUT2D eigenvalue weighted by Gasteiger charge is 2.34. The fraction of sp³-hybridized carbons (Fsp3) is 0.700. The summed E-state index contributed by atoms with van der Waals surface area (Å²) in [4.78, 5) is 14.3. The van der Waals surface area contributed by atoms with E-state index in [-0.39, 0.29) is 10.6 Å². The molecule has 17 heavy (non-hydrogen) atoms. The second kappa shape index (κ2) is 4.55. The van der Waals surface area contributed by atoms with Gasteiger partial charge in [-0.3, -0.25) is 0 Å². The van der Waals surface area contributed by atoms with Gasteiger partial charge in [-0.25, -0.2) is 0 Å². The summed E-state index contributed by atoms with van der Waals surface area (Å²) in [7, 11) is 0. The van der Waals surface area contributed by atoms with Crippen LogP contribution in [-0.4, -0.2) is 45.5 Å². The van der Waals surface area contributed by atoms with Gasteiger partial charge in [0.15, 0.2) is 0 Å². The molecule has 4 heterocycles. The molecule has 3 fully saturated rings. The van der Waals surface area contributed by atoms with Gasteiger partial charge in [0.05, 0.1) is 0 Å². The highest BCUT2D eigenvalue weighted by molar-refractivity contribution is 6.31. The smallest absolute Gasteiger partial charge is 0.228 e. The zero-order valence-corrected chi connectivity index (χ0v) is 10.7. The Kier molecular flexibility index (Phi) is 3.06. The molecule has 3 saturated heterocycles. The van der Waals surface area contributed by atoms with Crippen LogP contribution in [-0.2, 0) is 0 Å². The van der Waals surface area contributed by atoms with Crippen molar-refractivity contribution in [3.63, 3.8) is 0 Å². The first-order valence-corrected chi connectivity index (χ1v) is 6.52. The molecule has 0 saturated carbocycles. The fourth-order valence-electron chi connectivity index (χ4n) is 2.68. The van der Waals surface area contributed by atoms with E-state index < -0.39 is 0 Å². The van der Waals surface area contributed by atoms with Gasteiger partial charge in [0, 0.05) is 12.6 Å². The van der Waals surface area contributed by atoms with Crippen LogP contribution >= 0.6 is 23.2 Å². The molecule has 2 bridgehead atoms. The van der Waals surface area contributed by atoms with Crippen LogP contribution in [0, 0.1) is 5.92 Å². The topological polar surface area (TPSA) is 53.9 Å². The molecule has 1 unspecified atom stereocenters. The number of hydrogen-bond acceptors (Lipinski definition) is 5. The van der Waals surface area contributed by atoms with E-state index in [0.717, 1.165) is 6.54 Å². The maximum absolute atomic E-state index is 5.75. The maximum atomic E-state index is 5.75. The number of rotatable bonds is 2. The Balaban J connectivity index is 1.74. The monoisotopic (exact) mass is 273 g/mol. The van der Waals surface area contributed by atoms with Crippen molar-refractivity contribution in [3.8, 4) is 0 Å². The molecular formula is C10H13Cl2N5. The van der Waals surface area contributed by atoms with Crippen LogP contribution in [0.1, 0.15) is 12.8 Å². The Morgan fingerprint density at radius 1 is 1.06 bits per heavy atom. The van der Waals surface area contributed by atoms with Crippen molar-refractivity contribution >= 4 is 29.2 Å². The minimum Gasteiger partial charge on any atom is -0.350 e. The lowest BCUT2D eigenvalue weighted by molar-refractivity contribution is 0.0972. The van der Waals surface area contributed by atoms with Crippen LogP contribution in [0.4, 0.5) is 5.95 Å². The van der Waals surface area contributed by atoms with Gasteiger partial charge >= 0.3 is 0 Å². The highest BCUT2D eigenvalue weighted by Crippen LogP contribution is 2.29. The van der Waals surface area contributed by atoms with Crippen molar-refractivity contribution in [2.45, 2.75) is 18.9 Å². The minimum absolute atomic E-state index is 0.133. The van der Waals surface area contributed by atoms with E-state index >= 15 is 0 Å². The molecule has 3 aliphatic rings. The summed E-state index contributed by atoms with van der Waals surface area (Å²) in [6, 6.07) is 0.395. The number of nitrogens with zero attached hydrogens (tertiary/aromatic N) is 4. The zero-order valence-electron chi connectivity index (χ0n) is 9.24. The minimum atomic E-state index is 0.133. The van der Waals surface area contributed by atoms with Crippen molar-refractivity contribution in [1.82, 2.24) is 19.9 Å². The third-order valence-corrected chi connectivity index (χ3v) is 3.89. The molecule has 4 rings (SSSR count). The molecule has 1 atom stereocenters. The second-order valence-corrected chi connectivity index (χ2v) is 5.26. The number of halogens is 2. The van der Waals surface area contributed by atoms with Gasteiger partial charge < -0.3 is 10.2 Å². The van der Waals surface area contributed by atoms with Crippen molar-refractivity contribution in [3.05, 3.63) is 10.6 Å². The fourth-order valence-corrected chi connectivity index (χ4v) is 3.05. The van der Waals surface area contributed by atoms with E-state index in [1.807, 2.05) is 0 Å². The van der Waals surface area contributed by atoms with E-state index in [1.165, 1.54) is 25.9 Å². The molecule has 0 aromatic carbocycles. The van der Waals surface area contributed by atoms with Gasteiger partial charge in [-0.15, -0.1) is 0 Å². The van der Waals surface area contributed by atoms with E-state index in [1.54, 1.807) is 0 Å². The van der Waals surface area contributed by atoms with E-state index in [9.17, 15) is 0 Å². The molecular weight excluding hydrogens is 261 g/mol. The Morgan fingerprint density at radius 2 is 1.71 bits per heavy atom. The largest absolute Gasteiger partial charge is 0.350 e. The van der Waals surface area contributed by atoms with Gasteiger partial charge in [0.2, 0.25) is 16.5 Å². The number of nitrogens with one attached hydrogen (secondary N) is 1. The first-order chi connectivity index (χ1) is 8.20. The molecule has 0 aliphatic carbocycles. The Hall–Kier alpha value is -0.650. The van der Waals surface area contributed by atoms with Crippen LogP contribution in [0.2, 0.25) is 10.6 Å². The number of aromatic nitrogens is 3. The number of piperidine rings is 3. The summed E-state index contributed by atoms with van der Waals surface area (Å²) in [5, 5.41) is 3.59. The molecule has 92 valence electrons. The number of hydrogen-bond donors (Lipinski definition) is 1. The van der Waals surface area contributed by atoms with Gasteiger partial charge in [0.25, 0.3) is 0 Å². The van der Waals surface area contributed by atoms with Crippen LogP contribution in [0.15, 0.2) is 0 Å². The van der Waals surface area contributed by atoms with Crippen LogP contribution in [0.25, 0.3) is 0 Å². The zero-order chi connectivity index (χ0) is 11.8. The normalized spacial score (nSPS) is 31.5. The van der Waals surface area contributed by atoms with Gasteiger partial charge in [-0.05, 0) is 55.1 Å². The van der Waals surface area contributed by atoms with Crippen LogP contribution in [0.3, 0.4) is 0 Å². The molecule has 1 aromatic heterocycles. The molecule has 0 radical (unpaired) electrons. The third-order valence-electron chi connectivity index (χ3n) is 3.55. The molecule has 7 heteroatoms. The summed E-state index contributed by atoms with van der Waals surface area (Å²) in [6.45, 7) is 3.47. The molecule has 1 N–H and O–H groups in total. The summed E-state index contributed by atoms with van der Waals surface area (Å²) in [6.07, 6.45) is 2.48. The van der Waals surface area contributed by atoms with Crippen molar-refractivity contribution in [1.29, 1.82) is 0 Å². The number of anilines is 1. The molecule has 5 nitrogen and oxygen atoms in total. The summed E-state index contributed by atoms with van der Waals surface area (Å²) >= 11 is 11.5. The standard InChI is InChI=1S/C10H13Cl2N5/c11-8-14-9(12)16-10(15-8)13-7-5-17-3-1-6(7)2-4-17/h6-7H,1-5H2,(H,13,14,15,16). The quantitative estimate of drug-likeness (QED) is 0.889. The SMILES string of the molecule is Clc1nc(Cl)nc(NC2CN3CCC2CC3)n1. The van der Waals surface area contributed by atoms with Crippen molar-refractivity contribution in [2.75, 3.05) is 25.0 Å². The third kappa shape index (κ3) is 2.46. The molecule has 3 aliphatic heterocycles. The lowest BCUT2D eigenvalue weighted by Gasteiger charge is -2.44.